The number of hydrogen-bond acceptors (Lipinski definition) is 3. The van der Waals surface area contributed by atoms with Gasteiger partial charge in [0.05, 0.1) is 0 Å². The van der Waals surface area contributed by atoms with Crippen LogP contribution in [0.5, 0.6) is 0 Å². The maximum atomic E-state index is 4.36. The third kappa shape index (κ3) is 3.88. The molecule has 1 saturated heterocycles. The molecular weight excluding hydrogens is 180 g/mol. The first kappa shape index (κ1) is 11.3. The van der Waals surface area contributed by atoms with E-state index in [-0.39, 0.29) is 0 Å². The van der Waals surface area contributed by atoms with E-state index in [4.69, 9.17) is 0 Å². The van der Waals surface area contributed by atoms with Crippen LogP contribution >= 0.6 is 12.8 Å². The average molecular weight is 202 g/mol. The van der Waals surface area contributed by atoms with Gasteiger partial charge in [-0.1, -0.05) is 26.7 Å². The molecule has 0 aromatic heterocycles. The molecule has 0 N–H and O–H groups in total. The van der Waals surface area contributed by atoms with E-state index in [2.05, 4.69) is 42.9 Å². The largest absolute Gasteiger partial charge is 0.303 e. The van der Waals surface area contributed by atoms with Crippen LogP contribution in [0.25, 0.3) is 0 Å². The summed E-state index contributed by atoms with van der Waals surface area (Å²) in [5.74, 6) is 0.797. The molecule has 0 aromatic carbocycles. The lowest BCUT2D eigenvalue weighted by atomic mass is 10.0. The highest BCUT2D eigenvalue weighted by Gasteiger charge is 2.20. The summed E-state index contributed by atoms with van der Waals surface area (Å²) in [5, 5.41) is 0. The molecule has 0 aromatic rings. The normalized spacial score (nSPS) is 21.7. The zero-order valence-electron chi connectivity index (χ0n) is 9.03. The minimum absolute atomic E-state index is 0.687. The van der Waals surface area contributed by atoms with Gasteiger partial charge in [0.1, 0.15) is 0 Å². The van der Waals surface area contributed by atoms with E-state index in [1.807, 2.05) is 0 Å². The van der Waals surface area contributed by atoms with Crippen molar-refractivity contribution in [2.45, 2.75) is 32.7 Å². The molecule has 0 spiro atoms. The van der Waals surface area contributed by atoms with Crippen LogP contribution in [0, 0.1) is 5.92 Å². The van der Waals surface area contributed by atoms with E-state index in [0.717, 1.165) is 5.92 Å². The van der Waals surface area contributed by atoms with Crippen molar-refractivity contribution in [1.29, 1.82) is 0 Å². The molecule has 1 aliphatic heterocycles. The smallest absolute Gasteiger partial charge is 0.0221 e. The minimum atomic E-state index is 0.687. The molecule has 0 saturated carbocycles. The average Bonchev–Trinajstić information content (AvgIpc) is 2.04. The molecule has 1 aliphatic rings. The monoisotopic (exact) mass is 202 g/mol. The number of nitrogens with zero attached hydrogens (tertiary/aromatic N) is 2. The van der Waals surface area contributed by atoms with Crippen LogP contribution in [0.15, 0.2) is 0 Å². The molecular formula is C10H22N2S. The van der Waals surface area contributed by atoms with Crippen LogP contribution < -0.4 is 0 Å². The van der Waals surface area contributed by atoms with E-state index >= 15 is 0 Å². The molecule has 0 radical (unpaired) electrons. The summed E-state index contributed by atoms with van der Waals surface area (Å²) in [6.45, 7) is 8.32. The van der Waals surface area contributed by atoms with Crippen LogP contribution in [0.4, 0.5) is 0 Å². The lowest BCUT2D eigenvalue weighted by molar-refractivity contribution is 0.161. The van der Waals surface area contributed by atoms with Crippen molar-refractivity contribution in [2.24, 2.45) is 5.92 Å². The summed E-state index contributed by atoms with van der Waals surface area (Å²) in [4.78, 5) is 2.57. The maximum absolute atomic E-state index is 4.36. The highest BCUT2D eigenvalue weighted by atomic mass is 32.1. The Kier molecular flexibility index (Phi) is 4.56. The topological polar surface area (TPSA) is 6.48 Å². The first-order chi connectivity index (χ1) is 6.09. The molecule has 0 aliphatic carbocycles. The summed E-state index contributed by atoms with van der Waals surface area (Å²) in [6, 6.07) is 0.687. The molecule has 1 fully saturated rings. The number of likely N-dealkylation sites (tertiary alicyclic amines) is 1. The van der Waals surface area contributed by atoms with Gasteiger partial charge in [0.25, 0.3) is 0 Å². The summed E-state index contributed by atoms with van der Waals surface area (Å²) < 4.78 is 2.06. The fourth-order valence-corrected chi connectivity index (χ4v) is 2.22. The van der Waals surface area contributed by atoms with E-state index < -0.39 is 0 Å². The van der Waals surface area contributed by atoms with E-state index in [1.165, 1.54) is 32.5 Å². The zero-order chi connectivity index (χ0) is 9.84. The quantitative estimate of drug-likeness (QED) is 0.698. The van der Waals surface area contributed by atoms with E-state index in [1.54, 1.807) is 0 Å². The van der Waals surface area contributed by atoms with Gasteiger partial charge in [-0.05, 0) is 38.9 Å². The Labute approximate surface area is 87.8 Å². The van der Waals surface area contributed by atoms with Gasteiger partial charge in [0.15, 0.2) is 0 Å². The summed E-state index contributed by atoms with van der Waals surface area (Å²) in [6.07, 6.45) is 2.54. The molecule has 1 heterocycles. The molecule has 0 atom stereocenters. The van der Waals surface area contributed by atoms with Gasteiger partial charge >= 0.3 is 0 Å². The standard InChI is InChI=1S/C10H22N2S/c1-9(2)8-12-6-4-10(5-7-12)11(3)13/h9-10,13H,4-8H2,1-3H3. The van der Waals surface area contributed by atoms with Crippen molar-refractivity contribution in [2.75, 3.05) is 26.7 Å². The summed E-state index contributed by atoms with van der Waals surface area (Å²) in [7, 11) is 2.06. The van der Waals surface area contributed by atoms with Crippen molar-refractivity contribution in [3.05, 3.63) is 0 Å². The lowest BCUT2D eigenvalue weighted by Gasteiger charge is -2.35. The van der Waals surface area contributed by atoms with Crippen molar-refractivity contribution < 1.29 is 0 Å². The molecule has 78 valence electrons. The van der Waals surface area contributed by atoms with Crippen LogP contribution in [0.3, 0.4) is 0 Å². The second-order valence-electron chi connectivity index (χ2n) is 4.50. The first-order valence-electron chi connectivity index (χ1n) is 5.23. The van der Waals surface area contributed by atoms with Crippen molar-refractivity contribution >= 4 is 12.8 Å². The van der Waals surface area contributed by atoms with Gasteiger partial charge in [-0.2, -0.15) is 0 Å². The van der Waals surface area contributed by atoms with Crippen LogP contribution in [-0.4, -0.2) is 41.9 Å². The SMILES string of the molecule is CC(C)CN1CCC(N(C)S)CC1. The minimum Gasteiger partial charge on any atom is -0.303 e. The second kappa shape index (κ2) is 5.23. The third-order valence-electron chi connectivity index (χ3n) is 2.71. The maximum Gasteiger partial charge on any atom is 0.0221 e. The van der Waals surface area contributed by atoms with E-state index in [0.29, 0.717) is 6.04 Å². The van der Waals surface area contributed by atoms with Gasteiger partial charge in [0.2, 0.25) is 0 Å². The highest BCUT2D eigenvalue weighted by molar-refractivity contribution is 7.77. The predicted octanol–water partition coefficient (Wildman–Crippen LogP) is 1.88. The molecule has 2 nitrogen and oxygen atoms in total. The Bertz CT molecular complexity index is 140. The Morgan fingerprint density at radius 1 is 1.38 bits per heavy atom. The third-order valence-corrected chi connectivity index (χ3v) is 3.04. The Hall–Kier alpha value is 0.270. The molecule has 0 unspecified atom stereocenters. The van der Waals surface area contributed by atoms with Crippen molar-refractivity contribution in [3.63, 3.8) is 0 Å². The Morgan fingerprint density at radius 2 is 1.92 bits per heavy atom. The van der Waals surface area contributed by atoms with Gasteiger partial charge in [-0.25, -0.2) is 0 Å². The second-order valence-corrected chi connectivity index (χ2v) is 5.13. The van der Waals surface area contributed by atoms with Crippen molar-refractivity contribution in [1.82, 2.24) is 9.21 Å². The highest BCUT2D eigenvalue weighted by Crippen LogP contribution is 2.17. The molecule has 1 rings (SSSR count). The van der Waals surface area contributed by atoms with E-state index in [9.17, 15) is 0 Å². The number of thiol groups is 1. The summed E-state index contributed by atoms with van der Waals surface area (Å²) >= 11 is 4.36. The lowest BCUT2D eigenvalue weighted by Crippen LogP contribution is -2.41. The number of hydrogen-bond donors (Lipinski definition) is 1. The van der Waals surface area contributed by atoms with Crippen molar-refractivity contribution in [3.8, 4) is 0 Å². The van der Waals surface area contributed by atoms with Crippen LogP contribution in [0.1, 0.15) is 26.7 Å². The fourth-order valence-electron chi connectivity index (χ4n) is 1.99. The Balaban J connectivity index is 2.22. The zero-order valence-corrected chi connectivity index (χ0v) is 9.93. The molecule has 0 bridgehead atoms. The number of rotatable bonds is 3. The molecule has 3 heteroatoms. The first-order valence-corrected chi connectivity index (χ1v) is 5.63. The van der Waals surface area contributed by atoms with Gasteiger partial charge in [-0.15, -0.1) is 0 Å². The molecule has 0 amide bonds. The predicted molar refractivity (Wildman–Crippen MR) is 61.0 cm³/mol. The Morgan fingerprint density at radius 3 is 2.31 bits per heavy atom. The van der Waals surface area contributed by atoms with Crippen LogP contribution in [-0.2, 0) is 0 Å². The van der Waals surface area contributed by atoms with Gasteiger partial charge in [-0.3, -0.25) is 4.31 Å². The van der Waals surface area contributed by atoms with Crippen LogP contribution in [0.2, 0.25) is 0 Å². The number of piperidine rings is 1. The summed E-state index contributed by atoms with van der Waals surface area (Å²) in [5.41, 5.74) is 0. The van der Waals surface area contributed by atoms with Gasteiger partial charge in [0, 0.05) is 12.6 Å². The fraction of sp³-hybridized carbons (Fsp3) is 1.00. The van der Waals surface area contributed by atoms with Gasteiger partial charge < -0.3 is 4.90 Å². The molecule has 13 heavy (non-hydrogen) atoms.